The average molecular weight is 190 g/mol. The SMILES string of the molecule is C[C@H](O)[C@H](O)[C@H]1OC(=O)C(O)=C1O. The van der Waals surface area contributed by atoms with Crippen molar-refractivity contribution >= 4 is 5.97 Å². The van der Waals surface area contributed by atoms with Crippen LogP contribution in [0.4, 0.5) is 0 Å². The van der Waals surface area contributed by atoms with E-state index >= 15 is 0 Å². The number of carbonyl (C=O) groups is 1. The van der Waals surface area contributed by atoms with E-state index in [4.69, 9.17) is 15.3 Å². The Labute approximate surface area is 73.7 Å². The minimum atomic E-state index is -1.45. The fraction of sp³-hybridized carbons (Fsp3) is 0.571. The molecule has 3 atom stereocenters. The zero-order chi connectivity index (χ0) is 10.2. The second-order valence-electron chi connectivity index (χ2n) is 2.79. The quantitative estimate of drug-likeness (QED) is 0.415. The van der Waals surface area contributed by atoms with Crippen molar-refractivity contribution in [2.45, 2.75) is 25.2 Å². The molecule has 13 heavy (non-hydrogen) atoms. The average Bonchev–Trinajstić information content (AvgIpc) is 2.31. The Bertz CT molecular complexity index is 256. The maximum atomic E-state index is 10.6. The van der Waals surface area contributed by atoms with E-state index in [1.165, 1.54) is 6.92 Å². The Balaban J connectivity index is 2.82. The third kappa shape index (κ3) is 1.58. The van der Waals surface area contributed by atoms with Gasteiger partial charge in [0, 0.05) is 0 Å². The van der Waals surface area contributed by atoms with Gasteiger partial charge in [0.15, 0.2) is 11.9 Å². The molecular weight excluding hydrogens is 180 g/mol. The van der Waals surface area contributed by atoms with Gasteiger partial charge in [0.25, 0.3) is 0 Å². The topological polar surface area (TPSA) is 107 Å². The van der Waals surface area contributed by atoms with Gasteiger partial charge in [0.2, 0.25) is 5.76 Å². The van der Waals surface area contributed by atoms with Crippen LogP contribution in [-0.4, -0.2) is 44.7 Å². The van der Waals surface area contributed by atoms with Gasteiger partial charge in [-0.05, 0) is 6.92 Å². The number of hydrogen-bond donors (Lipinski definition) is 4. The first-order valence-corrected chi connectivity index (χ1v) is 3.64. The van der Waals surface area contributed by atoms with Crippen molar-refractivity contribution < 1.29 is 30.0 Å². The molecule has 1 aliphatic rings. The predicted molar refractivity (Wildman–Crippen MR) is 39.9 cm³/mol. The van der Waals surface area contributed by atoms with Crippen LogP contribution in [-0.2, 0) is 9.53 Å². The molecule has 0 radical (unpaired) electrons. The van der Waals surface area contributed by atoms with Crippen LogP contribution in [0.3, 0.4) is 0 Å². The summed E-state index contributed by atoms with van der Waals surface area (Å²) in [5.74, 6) is -2.79. The van der Waals surface area contributed by atoms with Gasteiger partial charge in [-0.15, -0.1) is 0 Å². The molecule has 6 heteroatoms. The van der Waals surface area contributed by atoms with E-state index in [0.29, 0.717) is 0 Å². The number of hydrogen-bond acceptors (Lipinski definition) is 6. The lowest BCUT2D eigenvalue weighted by atomic mass is 10.1. The number of aliphatic hydroxyl groups excluding tert-OH is 4. The molecule has 0 unspecified atom stereocenters. The molecule has 1 rings (SSSR count). The molecule has 0 bridgehead atoms. The lowest BCUT2D eigenvalue weighted by Gasteiger charge is -2.19. The highest BCUT2D eigenvalue weighted by atomic mass is 16.6. The van der Waals surface area contributed by atoms with Crippen LogP contribution in [0.15, 0.2) is 11.5 Å². The normalized spacial score (nSPS) is 27.3. The first-order valence-electron chi connectivity index (χ1n) is 3.64. The predicted octanol–water partition coefficient (Wildman–Crippen LogP) is -1.02. The van der Waals surface area contributed by atoms with Crippen molar-refractivity contribution in [2.24, 2.45) is 0 Å². The maximum absolute atomic E-state index is 10.6. The van der Waals surface area contributed by atoms with Gasteiger partial charge in [0.05, 0.1) is 6.10 Å². The molecular formula is C7H10O6. The Morgan fingerprint density at radius 2 is 1.92 bits per heavy atom. The molecule has 0 spiro atoms. The molecule has 0 saturated carbocycles. The molecule has 0 aromatic carbocycles. The van der Waals surface area contributed by atoms with Crippen molar-refractivity contribution in [1.29, 1.82) is 0 Å². The highest BCUT2D eigenvalue weighted by Crippen LogP contribution is 2.22. The third-order valence-corrected chi connectivity index (χ3v) is 1.74. The van der Waals surface area contributed by atoms with E-state index in [0.717, 1.165) is 0 Å². The molecule has 4 N–H and O–H groups in total. The van der Waals surface area contributed by atoms with E-state index in [1.807, 2.05) is 0 Å². The van der Waals surface area contributed by atoms with E-state index in [2.05, 4.69) is 4.74 Å². The van der Waals surface area contributed by atoms with Gasteiger partial charge in [-0.1, -0.05) is 0 Å². The van der Waals surface area contributed by atoms with Crippen molar-refractivity contribution in [2.75, 3.05) is 0 Å². The second kappa shape index (κ2) is 3.23. The van der Waals surface area contributed by atoms with Crippen LogP contribution in [0.25, 0.3) is 0 Å². The molecule has 0 fully saturated rings. The minimum absolute atomic E-state index is 0.751. The van der Waals surface area contributed by atoms with Gasteiger partial charge in [-0.3, -0.25) is 0 Å². The Kier molecular flexibility index (Phi) is 2.44. The lowest BCUT2D eigenvalue weighted by Crippen LogP contribution is -2.37. The molecule has 0 aromatic heterocycles. The molecule has 1 heterocycles. The summed E-state index contributed by atoms with van der Waals surface area (Å²) in [5.41, 5.74) is 0. The summed E-state index contributed by atoms with van der Waals surface area (Å²) >= 11 is 0. The monoisotopic (exact) mass is 190 g/mol. The molecule has 0 aliphatic carbocycles. The summed E-state index contributed by atoms with van der Waals surface area (Å²) in [7, 11) is 0. The molecule has 0 amide bonds. The van der Waals surface area contributed by atoms with Gasteiger partial charge < -0.3 is 25.2 Å². The lowest BCUT2D eigenvalue weighted by molar-refractivity contribution is -0.149. The maximum Gasteiger partial charge on any atom is 0.377 e. The van der Waals surface area contributed by atoms with E-state index in [-0.39, 0.29) is 0 Å². The van der Waals surface area contributed by atoms with Crippen molar-refractivity contribution in [3.8, 4) is 0 Å². The number of rotatable bonds is 2. The summed E-state index contributed by atoms with van der Waals surface area (Å²) in [5, 5.41) is 36.0. The highest BCUT2D eigenvalue weighted by molar-refractivity contribution is 5.89. The number of esters is 1. The summed E-state index contributed by atoms with van der Waals surface area (Å²) in [6, 6.07) is 0. The molecule has 0 saturated heterocycles. The first kappa shape index (κ1) is 9.82. The fourth-order valence-corrected chi connectivity index (χ4v) is 0.951. The first-order chi connectivity index (χ1) is 5.95. The fourth-order valence-electron chi connectivity index (χ4n) is 0.951. The standard InChI is InChI=1S/C7H10O6/c1-2(8)3(9)6-4(10)5(11)7(12)13-6/h2-3,6,8-11H,1H3/t2-,3-,6+/m0/s1. The smallest absolute Gasteiger partial charge is 0.377 e. The van der Waals surface area contributed by atoms with Crippen LogP contribution in [0.2, 0.25) is 0 Å². The van der Waals surface area contributed by atoms with Gasteiger partial charge in [-0.25, -0.2) is 4.79 Å². The number of cyclic esters (lactones) is 1. The van der Waals surface area contributed by atoms with Gasteiger partial charge in [0.1, 0.15) is 6.10 Å². The molecule has 74 valence electrons. The van der Waals surface area contributed by atoms with Crippen LogP contribution in [0.5, 0.6) is 0 Å². The number of ether oxygens (including phenoxy) is 1. The van der Waals surface area contributed by atoms with Crippen LogP contribution >= 0.6 is 0 Å². The summed E-state index contributed by atoms with van der Waals surface area (Å²) in [6.07, 6.45) is -4.01. The van der Waals surface area contributed by atoms with Crippen molar-refractivity contribution in [1.82, 2.24) is 0 Å². The van der Waals surface area contributed by atoms with E-state index in [9.17, 15) is 9.90 Å². The van der Waals surface area contributed by atoms with Crippen LogP contribution in [0.1, 0.15) is 6.92 Å². The van der Waals surface area contributed by atoms with E-state index < -0.39 is 35.8 Å². The summed E-state index contributed by atoms with van der Waals surface area (Å²) < 4.78 is 4.39. The highest BCUT2D eigenvalue weighted by Gasteiger charge is 2.40. The van der Waals surface area contributed by atoms with Gasteiger partial charge >= 0.3 is 5.97 Å². The number of aliphatic hydroxyl groups is 4. The Hall–Kier alpha value is -1.27. The summed E-state index contributed by atoms with van der Waals surface area (Å²) in [4.78, 5) is 10.6. The molecule has 6 nitrogen and oxygen atoms in total. The Morgan fingerprint density at radius 3 is 2.23 bits per heavy atom. The Morgan fingerprint density at radius 1 is 1.38 bits per heavy atom. The zero-order valence-corrected chi connectivity index (χ0v) is 6.84. The van der Waals surface area contributed by atoms with Gasteiger partial charge in [-0.2, -0.15) is 0 Å². The van der Waals surface area contributed by atoms with Crippen LogP contribution < -0.4 is 0 Å². The largest absolute Gasteiger partial charge is 0.505 e. The zero-order valence-electron chi connectivity index (χ0n) is 6.84. The second-order valence-corrected chi connectivity index (χ2v) is 2.79. The molecule has 0 aromatic rings. The van der Waals surface area contributed by atoms with Crippen molar-refractivity contribution in [3.05, 3.63) is 11.5 Å². The number of carbonyl (C=O) groups excluding carboxylic acids is 1. The van der Waals surface area contributed by atoms with Crippen LogP contribution in [0, 0.1) is 0 Å². The third-order valence-electron chi connectivity index (χ3n) is 1.74. The molecule has 1 aliphatic heterocycles. The minimum Gasteiger partial charge on any atom is -0.505 e. The summed E-state index contributed by atoms with van der Waals surface area (Å²) in [6.45, 7) is 1.27. The van der Waals surface area contributed by atoms with Crippen molar-refractivity contribution in [3.63, 3.8) is 0 Å². The van der Waals surface area contributed by atoms with E-state index in [1.54, 1.807) is 0 Å².